The van der Waals surface area contributed by atoms with Gasteiger partial charge in [-0.25, -0.2) is 9.97 Å². The van der Waals surface area contributed by atoms with Gasteiger partial charge in [-0.3, -0.25) is 9.69 Å². The molecular weight excluding hydrogens is 302 g/mol. The van der Waals surface area contributed by atoms with Crippen molar-refractivity contribution in [1.29, 1.82) is 0 Å². The van der Waals surface area contributed by atoms with Crippen LogP contribution in [0.4, 0.5) is 5.95 Å². The number of likely N-dealkylation sites (tertiary alicyclic amines) is 1. The highest BCUT2D eigenvalue weighted by Crippen LogP contribution is 2.39. The molecule has 1 amide bonds. The van der Waals surface area contributed by atoms with Gasteiger partial charge in [-0.15, -0.1) is 0 Å². The molecule has 1 aromatic heterocycles. The van der Waals surface area contributed by atoms with Crippen LogP contribution in [0.1, 0.15) is 26.2 Å². The minimum absolute atomic E-state index is 0.245. The molecule has 0 spiro atoms. The lowest BCUT2D eigenvalue weighted by atomic mass is 9.77. The van der Waals surface area contributed by atoms with Crippen LogP contribution in [0.25, 0.3) is 0 Å². The zero-order valence-electron chi connectivity index (χ0n) is 14.5. The average Bonchev–Trinajstić information content (AvgIpc) is 3.07. The third-order valence-electron chi connectivity index (χ3n) is 6.12. The average molecular weight is 329 g/mol. The van der Waals surface area contributed by atoms with E-state index in [0.29, 0.717) is 17.9 Å². The van der Waals surface area contributed by atoms with Crippen LogP contribution in [0.2, 0.25) is 0 Å². The fraction of sp³-hybridized carbons (Fsp3) is 0.722. The molecule has 4 rings (SSSR count). The highest BCUT2D eigenvalue weighted by atomic mass is 16.2. The van der Waals surface area contributed by atoms with Crippen LogP contribution in [0.5, 0.6) is 0 Å². The first-order valence-electron chi connectivity index (χ1n) is 9.24. The fourth-order valence-electron chi connectivity index (χ4n) is 4.86. The van der Waals surface area contributed by atoms with Crippen molar-refractivity contribution in [3.05, 3.63) is 18.5 Å². The van der Waals surface area contributed by atoms with Gasteiger partial charge in [-0.2, -0.15) is 0 Å². The van der Waals surface area contributed by atoms with Gasteiger partial charge in [-0.05, 0) is 30.7 Å². The minimum Gasteiger partial charge on any atom is -0.342 e. The molecular formula is C18H27N5O. The lowest BCUT2D eigenvalue weighted by Crippen LogP contribution is -2.54. The third-order valence-corrected chi connectivity index (χ3v) is 6.12. The Morgan fingerprint density at radius 3 is 2.54 bits per heavy atom. The molecule has 0 N–H and O–H groups in total. The first-order chi connectivity index (χ1) is 11.7. The Labute approximate surface area is 143 Å². The SMILES string of the molecule is CC(=O)N1C[C@H]2CCCC(N3CCN(c4ncccn4)CC3)[C@@H]2C1. The van der Waals surface area contributed by atoms with E-state index in [1.54, 1.807) is 6.92 Å². The highest BCUT2D eigenvalue weighted by molar-refractivity contribution is 5.73. The number of piperazine rings is 1. The van der Waals surface area contributed by atoms with Crippen molar-refractivity contribution in [2.45, 2.75) is 32.2 Å². The molecule has 1 unspecified atom stereocenters. The van der Waals surface area contributed by atoms with Gasteiger partial charge in [0.2, 0.25) is 11.9 Å². The van der Waals surface area contributed by atoms with Crippen LogP contribution in [0, 0.1) is 11.8 Å². The van der Waals surface area contributed by atoms with E-state index in [9.17, 15) is 4.79 Å². The fourth-order valence-corrected chi connectivity index (χ4v) is 4.86. The summed E-state index contributed by atoms with van der Waals surface area (Å²) in [5.41, 5.74) is 0. The number of nitrogens with zero attached hydrogens (tertiary/aromatic N) is 5. The van der Waals surface area contributed by atoms with E-state index in [-0.39, 0.29) is 5.91 Å². The second-order valence-corrected chi connectivity index (χ2v) is 7.42. The lowest BCUT2D eigenvalue weighted by molar-refractivity contribution is -0.128. The maximum Gasteiger partial charge on any atom is 0.225 e. The molecule has 6 nitrogen and oxygen atoms in total. The highest BCUT2D eigenvalue weighted by Gasteiger charge is 2.43. The van der Waals surface area contributed by atoms with Crippen LogP contribution in [0.15, 0.2) is 18.5 Å². The molecule has 0 bridgehead atoms. The number of carbonyl (C=O) groups excluding carboxylic acids is 1. The van der Waals surface area contributed by atoms with E-state index in [4.69, 9.17) is 0 Å². The summed E-state index contributed by atoms with van der Waals surface area (Å²) in [4.78, 5) is 27.5. The van der Waals surface area contributed by atoms with Crippen molar-refractivity contribution < 1.29 is 4.79 Å². The smallest absolute Gasteiger partial charge is 0.225 e. The van der Waals surface area contributed by atoms with Crippen molar-refractivity contribution in [3.63, 3.8) is 0 Å². The zero-order chi connectivity index (χ0) is 16.5. The standard InChI is InChI=1S/C18H27N5O/c1-14(24)23-12-15-4-2-5-17(16(15)13-23)21-8-10-22(11-9-21)18-19-6-3-7-20-18/h3,6-7,15-17H,2,4-5,8-13H2,1H3/t15-,16-,17?/m1/s1. The molecule has 1 aliphatic carbocycles. The number of hydrogen-bond donors (Lipinski definition) is 0. The summed E-state index contributed by atoms with van der Waals surface area (Å²) >= 11 is 0. The maximum absolute atomic E-state index is 11.8. The second kappa shape index (κ2) is 6.67. The quantitative estimate of drug-likeness (QED) is 0.817. The number of carbonyl (C=O) groups is 1. The van der Waals surface area contributed by atoms with Gasteiger partial charge in [0.05, 0.1) is 0 Å². The summed E-state index contributed by atoms with van der Waals surface area (Å²) < 4.78 is 0. The minimum atomic E-state index is 0.245. The molecule has 2 saturated heterocycles. The molecule has 24 heavy (non-hydrogen) atoms. The van der Waals surface area contributed by atoms with Crippen LogP contribution in [-0.4, -0.2) is 71.0 Å². The predicted octanol–water partition coefficient (Wildman–Crippen LogP) is 1.25. The van der Waals surface area contributed by atoms with Crippen molar-refractivity contribution in [3.8, 4) is 0 Å². The van der Waals surface area contributed by atoms with E-state index in [1.165, 1.54) is 19.3 Å². The van der Waals surface area contributed by atoms with E-state index in [1.807, 2.05) is 18.5 Å². The number of anilines is 1. The predicted molar refractivity (Wildman–Crippen MR) is 92.7 cm³/mol. The molecule has 3 heterocycles. The third kappa shape index (κ3) is 2.99. The number of amides is 1. The zero-order valence-corrected chi connectivity index (χ0v) is 14.5. The first kappa shape index (κ1) is 15.8. The van der Waals surface area contributed by atoms with Crippen LogP contribution < -0.4 is 4.90 Å². The number of rotatable bonds is 2. The summed E-state index contributed by atoms with van der Waals surface area (Å²) in [6.45, 7) is 7.80. The number of hydrogen-bond acceptors (Lipinski definition) is 5. The molecule has 130 valence electrons. The summed E-state index contributed by atoms with van der Waals surface area (Å²) in [7, 11) is 0. The second-order valence-electron chi connectivity index (χ2n) is 7.42. The van der Waals surface area contributed by atoms with Gasteiger partial charge in [0.15, 0.2) is 0 Å². The van der Waals surface area contributed by atoms with Gasteiger partial charge < -0.3 is 9.80 Å². The Kier molecular flexibility index (Phi) is 4.39. The Bertz CT molecular complexity index is 572. The molecule has 1 saturated carbocycles. The van der Waals surface area contributed by atoms with Crippen LogP contribution in [0.3, 0.4) is 0 Å². The van der Waals surface area contributed by atoms with Crippen LogP contribution >= 0.6 is 0 Å². The normalized spacial score (nSPS) is 31.1. The van der Waals surface area contributed by atoms with Crippen LogP contribution in [-0.2, 0) is 4.79 Å². The molecule has 3 atom stereocenters. The van der Waals surface area contributed by atoms with Gasteiger partial charge in [0.25, 0.3) is 0 Å². The lowest BCUT2D eigenvalue weighted by Gasteiger charge is -2.44. The summed E-state index contributed by atoms with van der Waals surface area (Å²) in [5.74, 6) is 2.47. The Morgan fingerprint density at radius 1 is 1.08 bits per heavy atom. The van der Waals surface area contributed by atoms with Crippen molar-refractivity contribution in [2.75, 3.05) is 44.2 Å². The van der Waals surface area contributed by atoms with Gasteiger partial charge in [0, 0.05) is 64.6 Å². The Balaban J connectivity index is 1.39. The Hall–Kier alpha value is -1.69. The largest absolute Gasteiger partial charge is 0.342 e. The van der Waals surface area contributed by atoms with E-state index in [0.717, 1.165) is 45.2 Å². The van der Waals surface area contributed by atoms with Crippen molar-refractivity contribution in [1.82, 2.24) is 19.8 Å². The van der Waals surface area contributed by atoms with Crippen molar-refractivity contribution in [2.24, 2.45) is 11.8 Å². The van der Waals surface area contributed by atoms with Gasteiger partial charge in [0.1, 0.15) is 0 Å². The number of fused-ring (bicyclic) bond motifs is 1. The van der Waals surface area contributed by atoms with Gasteiger partial charge in [-0.1, -0.05) is 6.42 Å². The molecule has 0 radical (unpaired) electrons. The molecule has 6 heteroatoms. The molecule has 2 aliphatic heterocycles. The Morgan fingerprint density at radius 2 is 1.83 bits per heavy atom. The number of aromatic nitrogens is 2. The van der Waals surface area contributed by atoms with E-state index < -0.39 is 0 Å². The van der Waals surface area contributed by atoms with Gasteiger partial charge >= 0.3 is 0 Å². The summed E-state index contributed by atoms with van der Waals surface area (Å²) in [6, 6.07) is 2.51. The summed E-state index contributed by atoms with van der Waals surface area (Å²) in [5, 5.41) is 0. The van der Waals surface area contributed by atoms with E-state index in [2.05, 4.69) is 24.7 Å². The summed E-state index contributed by atoms with van der Waals surface area (Å²) in [6.07, 6.45) is 7.52. The molecule has 1 aromatic rings. The monoisotopic (exact) mass is 329 g/mol. The molecule has 3 fully saturated rings. The van der Waals surface area contributed by atoms with Crippen molar-refractivity contribution >= 4 is 11.9 Å². The molecule has 0 aromatic carbocycles. The maximum atomic E-state index is 11.8. The first-order valence-corrected chi connectivity index (χ1v) is 9.24. The topological polar surface area (TPSA) is 52.6 Å². The van der Waals surface area contributed by atoms with E-state index >= 15 is 0 Å². The molecule has 3 aliphatic rings.